The Morgan fingerprint density at radius 3 is 2.62 bits per heavy atom. The van der Waals surface area contributed by atoms with Crippen molar-refractivity contribution in [1.29, 1.82) is 0 Å². The van der Waals surface area contributed by atoms with Crippen LogP contribution in [0.15, 0.2) is 70.9 Å². The second kappa shape index (κ2) is 12.0. The molecule has 1 amide bonds. The Morgan fingerprint density at radius 2 is 1.93 bits per heavy atom. The highest BCUT2D eigenvalue weighted by Gasteiger charge is 2.28. The Labute approximate surface area is 239 Å². The maximum atomic E-state index is 13.4. The zero-order chi connectivity index (χ0) is 28.4. The molecule has 0 spiro atoms. The molecule has 4 aromatic rings. The number of halogens is 2. The number of H-pyrrole nitrogens is 1. The van der Waals surface area contributed by atoms with Gasteiger partial charge in [-0.3, -0.25) is 4.79 Å². The molecule has 12 heteroatoms. The molecule has 2 atom stereocenters. The van der Waals surface area contributed by atoms with E-state index < -0.39 is 14.1 Å². The third-order valence-electron chi connectivity index (χ3n) is 6.76. The van der Waals surface area contributed by atoms with Crippen molar-refractivity contribution < 1.29 is 18.3 Å². The van der Waals surface area contributed by atoms with Crippen molar-refractivity contribution >= 4 is 74.2 Å². The summed E-state index contributed by atoms with van der Waals surface area (Å²) in [5.74, 6) is -0.775. The van der Waals surface area contributed by atoms with Crippen LogP contribution in [-0.2, 0) is 15.7 Å². The van der Waals surface area contributed by atoms with Crippen LogP contribution in [0.25, 0.3) is 10.9 Å². The van der Waals surface area contributed by atoms with Crippen LogP contribution in [0.2, 0.25) is 5.02 Å². The molecule has 5 rings (SSSR count). The molecular weight excluding hydrogens is 571 g/mol. The molecule has 1 aliphatic heterocycles. The SMILES string of the molecule is CCN(CC(=O)N1CCc2c1ccc1[nH]c(C(=O)OP(F)P)cc21)c1ccc(N=Nc2ccc(C)cc2Cl)cc1. The Balaban J connectivity index is 1.28. The summed E-state index contributed by atoms with van der Waals surface area (Å²) >= 11 is 6.24. The smallest absolute Gasteiger partial charge is 0.359 e. The number of carbonyl (C=O) groups excluding carboxylic acids is 2. The van der Waals surface area contributed by atoms with Crippen molar-refractivity contribution in [3.63, 3.8) is 0 Å². The molecule has 2 heterocycles. The third kappa shape index (κ3) is 6.02. The lowest BCUT2D eigenvalue weighted by Gasteiger charge is -2.26. The van der Waals surface area contributed by atoms with Crippen molar-refractivity contribution in [3.05, 3.63) is 82.5 Å². The average Bonchev–Trinajstić information content (AvgIpc) is 3.56. The maximum absolute atomic E-state index is 13.4. The molecule has 0 saturated carbocycles. The molecule has 8 nitrogen and oxygen atoms in total. The number of hydrogen-bond acceptors (Lipinski definition) is 6. The largest absolute Gasteiger partial charge is 0.405 e. The van der Waals surface area contributed by atoms with Crippen molar-refractivity contribution in [1.82, 2.24) is 4.98 Å². The molecule has 1 N–H and O–H groups in total. The summed E-state index contributed by atoms with van der Waals surface area (Å²) in [6.45, 7) is 5.35. The van der Waals surface area contributed by atoms with Crippen LogP contribution >= 0.6 is 28.7 Å². The number of fused-ring (bicyclic) bond motifs is 3. The van der Waals surface area contributed by atoms with E-state index in [-0.39, 0.29) is 18.1 Å². The molecule has 1 aromatic heterocycles. The number of anilines is 2. The normalized spacial score (nSPS) is 13.6. The van der Waals surface area contributed by atoms with Gasteiger partial charge in [0.05, 0.1) is 17.3 Å². The fourth-order valence-electron chi connectivity index (χ4n) is 4.78. The van der Waals surface area contributed by atoms with Crippen LogP contribution in [0, 0.1) is 6.92 Å². The van der Waals surface area contributed by atoms with E-state index in [1.54, 1.807) is 11.0 Å². The van der Waals surface area contributed by atoms with Crippen LogP contribution in [0.1, 0.15) is 28.5 Å². The number of benzene rings is 3. The average molecular weight is 598 g/mol. The lowest BCUT2D eigenvalue weighted by atomic mass is 10.1. The molecule has 40 heavy (non-hydrogen) atoms. The molecular formula is C28H27ClFN5O3P2. The molecule has 0 saturated heterocycles. The summed E-state index contributed by atoms with van der Waals surface area (Å²) in [6, 6.07) is 18.5. The number of nitrogens with one attached hydrogen (secondary N) is 1. The van der Waals surface area contributed by atoms with E-state index in [4.69, 9.17) is 16.1 Å². The summed E-state index contributed by atoms with van der Waals surface area (Å²) in [5, 5.41) is 9.92. The minimum absolute atomic E-state index is 0.0287. The predicted octanol–water partition coefficient (Wildman–Crippen LogP) is 8.19. The standard InChI is InChI=1S/C28H27ClFN5O3P2/c1-3-34(19-7-5-18(6-8-19)32-33-24-9-4-17(2)14-22(24)29)16-27(36)35-13-12-20-21-15-25(28(37)38-40(30)39)31-23(21)10-11-26(20)35/h4-11,14-15,31H,3,12-13,16,39H2,1-2H3. The van der Waals surface area contributed by atoms with Crippen molar-refractivity contribution in [2.45, 2.75) is 20.3 Å². The molecule has 1 aliphatic rings. The number of carbonyl (C=O) groups is 2. The number of hydrogen-bond donors (Lipinski definition) is 1. The number of aromatic nitrogens is 1. The number of aromatic amines is 1. The van der Waals surface area contributed by atoms with Gasteiger partial charge in [0.25, 0.3) is 8.15 Å². The Hall–Kier alpha value is -3.38. The van der Waals surface area contributed by atoms with Gasteiger partial charge in [-0.25, -0.2) is 4.79 Å². The first-order chi connectivity index (χ1) is 19.2. The van der Waals surface area contributed by atoms with Gasteiger partial charge in [0, 0.05) is 35.4 Å². The topological polar surface area (TPSA) is 90.4 Å². The number of azo groups is 1. The van der Waals surface area contributed by atoms with Crippen LogP contribution < -0.4 is 9.80 Å². The second-order valence-electron chi connectivity index (χ2n) is 9.34. The first kappa shape index (κ1) is 28.2. The van der Waals surface area contributed by atoms with Crippen LogP contribution in [-0.4, -0.2) is 36.5 Å². The lowest BCUT2D eigenvalue weighted by Crippen LogP contribution is -2.39. The van der Waals surface area contributed by atoms with Crippen LogP contribution in [0.3, 0.4) is 0 Å². The van der Waals surface area contributed by atoms with Gasteiger partial charge in [0.1, 0.15) is 11.4 Å². The fraction of sp³-hybridized carbons (Fsp3) is 0.214. The molecule has 3 aromatic carbocycles. The number of rotatable bonds is 8. The van der Waals surface area contributed by atoms with Crippen molar-refractivity contribution in [2.24, 2.45) is 10.2 Å². The van der Waals surface area contributed by atoms with Gasteiger partial charge in [-0.15, -0.1) is 5.11 Å². The molecule has 206 valence electrons. The second-order valence-corrected chi connectivity index (χ2v) is 11.7. The number of nitrogens with zero attached hydrogens (tertiary/aromatic N) is 4. The first-order valence-electron chi connectivity index (χ1n) is 12.6. The van der Waals surface area contributed by atoms with Crippen LogP contribution in [0.5, 0.6) is 0 Å². The Bertz CT molecular complexity index is 1610. The molecule has 0 bridgehead atoms. The van der Waals surface area contributed by atoms with Gasteiger partial charge >= 0.3 is 5.97 Å². The van der Waals surface area contributed by atoms with Gasteiger partial charge in [0.2, 0.25) is 5.91 Å². The maximum Gasteiger partial charge on any atom is 0.359 e. The van der Waals surface area contributed by atoms with Crippen molar-refractivity contribution in [3.8, 4) is 0 Å². The van der Waals surface area contributed by atoms with Gasteiger partial charge in [-0.1, -0.05) is 17.7 Å². The zero-order valence-corrected chi connectivity index (χ0v) is 24.7. The van der Waals surface area contributed by atoms with E-state index in [1.807, 2.05) is 82.3 Å². The quantitative estimate of drug-likeness (QED) is 0.164. The van der Waals surface area contributed by atoms with Crippen LogP contribution in [0.4, 0.5) is 26.9 Å². The monoisotopic (exact) mass is 597 g/mol. The third-order valence-corrected chi connectivity index (χ3v) is 7.72. The summed E-state index contributed by atoms with van der Waals surface area (Å²) in [7, 11) is -0.535. The number of likely N-dealkylation sites (N-methyl/N-ethyl adjacent to an activating group) is 1. The molecule has 0 fully saturated rings. The Kier molecular flexibility index (Phi) is 8.46. The number of amides is 1. The zero-order valence-electron chi connectivity index (χ0n) is 21.9. The van der Waals surface area contributed by atoms with Gasteiger partial charge in [0.15, 0.2) is 0 Å². The lowest BCUT2D eigenvalue weighted by molar-refractivity contribution is -0.117. The molecule has 0 radical (unpaired) electrons. The first-order valence-corrected chi connectivity index (χ1v) is 15.8. The minimum Gasteiger partial charge on any atom is -0.405 e. The predicted molar refractivity (Wildman–Crippen MR) is 162 cm³/mol. The van der Waals surface area contributed by atoms with Gasteiger partial charge < -0.3 is 19.3 Å². The van der Waals surface area contributed by atoms with Crippen molar-refractivity contribution in [2.75, 3.05) is 29.4 Å². The number of aryl methyl sites for hydroxylation is 1. The Morgan fingerprint density at radius 1 is 1.15 bits per heavy atom. The minimum atomic E-state index is -2.38. The van der Waals surface area contributed by atoms with E-state index in [2.05, 4.69) is 15.2 Å². The van der Waals surface area contributed by atoms with Gasteiger partial charge in [-0.2, -0.15) is 9.31 Å². The van der Waals surface area contributed by atoms with E-state index >= 15 is 0 Å². The fourth-order valence-corrected chi connectivity index (χ4v) is 5.60. The molecule has 0 aliphatic carbocycles. The van der Waals surface area contributed by atoms with E-state index in [1.165, 1.54) is 0 Å². The summed E-state index contributed by atoms with van der Waals surface area (Å²) in [4.78, 5) is 32.3. The molecule has 2 unspecified atom stereocenters. The summed E-state index contributed by atoms with van der Waals surface area (Å²) in [6.07, 6.45) is 0.654. The summed E-state index contributed by atoms with van der Waals surface area (Å²) < 4.78 is 17.9. The highest BCUT2D eigenvalue weighted by molar-refractivity contribution is 8.08. The van der Waals surface area contributed by atoms with Gasteiger partial charge in [-0.05, 0) is 94.9 Å². The van der Waals surface area contributed by atoms with E-state index in [0.29, 0.717) is 35.9 Å². The summed E-state index contributed by atoms with van der Waals surface area (Å²) in [5.41, 5.74) is 5.94. The van der Waals surface area contributed by atoms with E-state index in [9.17, 15) is 13.8 Å². The highest BCUT2D eigenvalue weighted by atomic mass is 35.5. The highest BCUT2D eigenvalue weighted by Crippen LogP contribution is 2.47. The van der Waals surface area contributed by atoms with E-state index in [0.717, 1.165) is 33.4 Å².